The zero-order valence-electron chi connectivity index (χ0n) is 28.7. The number of carbonyl (C=O) groups excluding carboxylic acids is 1. The Balaban J connectivity index is 2.73. The van der Waals surface area contributed by atoms with E-state index < -0.39 is 25.0 Å². The first-order chi connectivity index (χ1) is 18.4. The summed E-state index contributed by atoms with van der Waals surface area (Å²) in [6.07, 6.45) is 3.25. The molecule has 7 atom stereocenters. The molecule has 6 nitrogen and oxygen atoms in total. The molecule has 2 aliphatic heterocycles. The Morgan fingerprint density at radius 3 is 1.71 bits per heavy atom. The molecule has 0 aromatic rings. The zero-order valence-corrected chi connectivity index (χ0v) is 33.9. The molecule has 2 heterocycles. The highest BCUT2D eigenvalue weighted by Gasteiger charge is 2.57. The van der Waals surface area contributed by atoms with Gasteiger partial charge < -0.3 is 27.5 Å². The van der Waals surface area contributed by atoms with Gasteiger partial charge in [0.1, 0.15) is 30.7 Å². The summed E-state index contributed by atoms with van der Waals surface area (Å²) in [6, 6.07) is 0. The van der Waals surface area contributed by atoms with E-state index in [1.807, 2.05) is 0 Å². The molecule has 0 spiro atoms. The van der Waals surface area contributed by atoms with Gasteiger partial charge in [-0.25, -0.2) is 0 Å². The molecule has 0 radical (unpaired) electrons. The number of hydrogen-bond acceptors (Lipinski definition) is 6. The zero-order chi connectivity index (χ0) is 31.8. The molecule has 10 heteroatoms. The Kier molecular flexibility index (Phi) is 12.5. The van der Waals surface area contributed by atoms with Crippen molar-refractivity contribution in [3.8, 4) is 0 Å². The molecule has 0 bridgehead atoms. The summed E-state index contributed by atoms with van der Waals surface area (Å²) in [5, 5.41) is 0.0521. The van der Waals surface area contributed by atoms with Crippen LogP contribution in [0.5, 0.6) is 0 Å². The molecular weight excluding hydrogens is 679 g/mol. The minimum absolute atomic E-state index is 0.00170. The maximum atomic E-state index is 11.5. The van der Waals surface area contributed by atoms with Crippen LogP contribution >= 0.6 is 22.6 Å². The third kappa shape index (κ3) is 9.08. The molecule has 2 aliphatic rings. The first kappa shape index (κ1) is 37.8. The Hall–Kier alpha value is 0.591. The highest BCUT2D eigenvalue weighted by atomic mass is 127. The number of rotatable bonds is 10. The van der Waals surface area contributed by atoms with Gasteiger partial charge in [0.15, 0.2) is 25.0 Å². The SMILES string of the molecule is CC(C)(C)[Si](C)(C)OC1C(O[Si](C)(C)C(C)(C)C)C2O[C@@H](CC=O)CC[C@@H]2OC1[C@H](/C=C/I)O[Si](C)(C)C(C)(C)C. The van der Waals surface area contributed by atoms with Crippen molar-refractivity contribution in [2.45, 2.75) is 179 Å². The molecule has 2 fully saturated rings. The smallest absolute Gasteiger partial charge is 0.193 e. The van der Waals surface area contributed by atoms with Crippen LogP contribution < -0.4 is 0 Å². The van der Waals surface area contributed by atoms with Gasteiger partial charge >= 0.3 is 0 Å². The molecule has 0 N–H and O–H groups in total. The fourth-order valence-corrected chi connectivity index (χ4v) is 8.89. The summed E-state index contributed by atoms with van der Waals surface area (Å²) in [6.45, 7) is 34.3. The molecule has 0 saturated carbocycles. The maximum Gasteiger partial charge on any atom is 0.193 e. The summed E-state index contributed by atoms with van der Waals surface area (Å²) in [7, 11) is -6.69. The molecule has 2 rings (SSSR count). The average molecular weight is 741 g/mol. The van der Waals surface area contributed by atoms with E-state index in [1.165, 1.54) is 0 Å². The van der Waals surface area contributed by atoms with E-state index in [0.29, 0.717) is 6.42 Å². The van der Waals surface area contributed by atoms with E-state index in [9.17, 15) is 4.79 Å². The van der Waals surface area contributed by atoms with Gasteiger partial charge in [-0.3, -0.25) is 0 Å². The molecule has 0 aromatic carbocycles. The second kappa shape index (κ2) is 13.5. The largest absolute Gasteiger partial charge is 0.408 e. The van der Waals surface area contributed by atoms with Crippen molar-refractivity contribution in [3.63, 3.8) is 0 Å². The van der Waals surface area contributed by atoms with Crippen molar-refractivity contribution in [2.24, 2.45) is 0 Å². The van der Waals surface area contributed by atoms with E-state index in [0.717, 1.165) is 19.1 Å². The van der Waals surface area contributed by atoms with E-state index in [1.54, 1.807) is 0 Å². The predicted octanol–water partition coefficient (Wildman–Crippen LogP) is 9.01. The van der Waals surface area contributed by atoms with Crippen molar-refractivity contribution in [3.05, 3.63) is 10.2 Å². The molecule has 2 saturated heterocycles. The van der Waals surface area contributed by atoms with Crippen LogP contribution in [0.15, 0.2) is 10.2 Å². The lowest BCUT2D eigenvalue weighted by molar-refractivity contribution is -0.266. The van der Waals surface area contributed by atoms with Gasteiger partial charge in [-0.05, 0) is 77.4 Å². The van der Waals surface area contributed by atoms with Crippen molar-refractivity contribution in [2.75, 3.05) is 0 Å². The molecule has 0 aliphatic carbocycles. The molecule has 240 valence electrons. The lowest BCUT2D eigenvalue weighted by atomic mass is 9.87. The first-order valence-electron chi connectivity index (χ1n) is 15.4. The molecule has 0 aromatic heterocycles. The summed E-state index contributed by atoms with van der Waals surface area (Å²) < 4.78 is 37.6. The van der Waals surface area contributed by atoms with E-state index in [2.05, 4.69) is 134 Å². The Morgan fingerprint density at radius 1 is 0.780 bits per heavy atom. The number of halogens is 1. The summed E-state index contributed by atoms with van der Waals surface area (Å²) >= 11 is 2.29. The van der Waals surface area contributed by atoms with Crippen LogP contribution in [0.1, 0.15) is 81.6 Å². The minimum Gasteiger partial charge on any atom is -0.408 e. The third-order valence-corrected chi connectivity index (χ3v) is 24.3. The summed E-state index contributed by atoms with van der Waals surface area (Å²) in [5.74, 6) is 0. The molecule has 0 amide bonds. The fraction of sp³-hybridized carbons (Fsp3) is 0.903. The summed E-state index contributed by atoms with van der Waals surface area (Å²) in [4.78, 5) is 11.5. The third-order valence-electron chi connectivity index (χ3n) is 10.4. The van der Waals surface area contributed by atoms with Crippen LogP contribution in [0.25, 0.3) is 0 Å². The van der Waals surface area contributed by atoms with Gasteiger partial charge in [0.05, 0.1) is 18.3 Å². The van der Waals surface area contributed by atoms with Crippen LogP contribution in [0.2, 0.25) is 54.4 Å². The van der Waals surface area contributed by atoms with E-state index >= 15 is 0 Å². The fourth-order valence-electron chi connectivity index (χ4n) is 4.63. The second-order valence-corrected chi connectivity index (χ2v) is 31.7. The van der Waals surface area contributed by atoms with Gasteiger partial charge in [0, 0.05) is 6.42 Å². The highest BCUT2D eigenvalue weighted by Crippen LogP contribution is 2.47. The van der Waals surface area contributed by atoms with E-state index in [-0.39, 0.29) is 57.8 Å². The van der Waals surface area contributed by atoms with Gasteiger partial charge in [-0.15, -0.1) is 0 Å². The molecular formula is C31H61IO6Si3. The van der Waals surface area contributed by atoms with Crippen molar-refractivity contribution in [1.29, 1.82) is 0 Å². The Morgan fingerprint density at radius 2 is 1.27 bits per heavy atom. The second-order valence-electron chi connectivity index (χ2n) is 16.7. The quantitative estimate of drug-likeness (QED) is 0.127. The van der Waals surface area contributed by atoms with Crippen LogP contribution in [-0.4, -0.2) is 74.0 Å². The first-order valence-corrected chi connectivity index (χ1v) is 25.4. The molecule has 41 heavy (non-hydrogen) atoms. The van der Waals surface area contributed by atoms with Crippen LogP contribution in [-0.2, 0) is 27.5 Å². The Bertz CT molecular complexity index is 903. The van der Waals surface area contributed by atoms with E-state index in [4.69, 9.17) is 22.8 Å². The topological polar surface area (TPSA) is 63.2 Å². The van der Waals surface area contributed by atoms with Crippen molar-refractivity contribution in [1.82, 2.24) is 0 Å². The minimum atomic E-state index is -2.28. The number of carbonyl (C=O) groups is 1. The lowest BCUT2D eigenvalue weighted by Crippen LogP contribution is -2.69. The summed E-state index contributed by atoms with van der Waals surface area (Å²) in [5.41, 5.74) is 0. The number of aldehydes is 1. The van der Waals surface area contributed by atoms with Gasteiger partial charge in [0.25, 0.3) is 0 Å². The number of ether oxygens (including phenoxy) is 2. The predicted molar refractivity (Wildman–Crippen MR) is 187 cm³/mol. The number of fused-ring (bicyclic) bond motifs is 1. The average Bonchev–Trinajstić information content (AvgIpc) is 2.78. The van der Waals surface area contributed by atoms with Gasteiger partial charge in [0.2, 0.25) is 0 Å². The Labute approximate surface area is 268 Å². The monoisotopic (exact) mass is 740 g/mol. The standard InChI is InChI=1S/C31H61IO6Si3/c1-29(2,3)39(10,11)36-24(18-20-32)26-28(38-41(14,15)31(7,8)9)27(37-40(12,13)30(4,5)6)25-23(35-26)17-16-22(34-25)19-21-33/h18,20-28H,16-17,19H2,1-15H3/b20-18+/t22-,23+,24+,25?,26?,27?,28?/m1/s1. The number of hydrogen-bond donors (Lipinski definition) is 0. The lowest BCUT2D eigenvalue weighted by Gasteiger charge is -2.56. The van der Waals surface area contributed by atoms with Crippen LogP contribution in [0.3, 0.4) is 0 Å². The van der Waals surface area contributed by atoms with Crippen LogP contribution in [0, 0.1) is 0 Å². The van der Waals surface area contributed by atoms with Gasteiger partial charge in [-0.1, -0.05) is 84.9 Å². The van der Waals surface area contributed by atoms with Gasteiger partial charge in [-0.2, -0.15) is 0 Å². The highest BCUT2D eigenvalue weighted by molar-refractivity contribution is 14.1. The normalized spacial score (nSPS) is 29.9. The van der Waals surface area contributed by atoms with Crippen molar-refractivity contribution >= 4 is 53.8 Å². The van der Waals surface area contributed by atoms with Crippen LogP contribution in [0.4, 0.5) is 0 Å². The van der Waals surface area contributed by atoms with Crippen molar-refractivity contribution < 1.29 is 27.5 Å². The molecule has 4 unspecified atom stereocenters. The maximum absolute atomic E-state index is 11.5.